The Morgan fingerprint density at radius 2 is 2.07 bits per heavy atom. The molecule has 3 rings (SSSR count). The van der Waals surface area contributed by atoms with Crippen LogP contribution in [0.15, 0.2) is 40.6 Å². The molecule has 0 aromatic carbocycles. The van der Waals surface area contributed by atoms with Crippen molar-refractivity contribution in [1.82, 2.24) is 9.80 Å². The Labute approximate surface area is 161 Å². The summed E-state index contributed by atoms with van der Waals surface area (Å²) in [7, 11) is 7.58. The van der Waals surface area contributed by atoms with E-state index >= 15 is 0 Å². The van der Waals surface area contributed by atoms with Crippen LogP contribution in [0.1, 0.15) is 25.3 Å². The summed E-state index contributed by atoms with van der Waals surface area (Å²) in [5.41, 5.74) is 1.53. The van der Waals surface area contributed by atoms with Gasteiger partial charge in [0.15, 0.2) is 0 Å². The first-order chi connectivity index (χ1) is 12.7. The van der Waals surface area contributed by atoms with Gasteiger partial charge in [-0.1, -0.05) is 6.08 Å². The monoisotopic (exact) mass is 394 g/mol. The van der Waals surface area contributed by atoms with E-state index in [2.05, 4.69) is 0 Å². The van der Waals surface area contributed by atoms with Gasteiger partial charge in [-0.05, 0) is 47.6 Å². The summed E-state index contributed by atoms with van der Waals surface area (Å²) in [4.78, 5) is 15.6. The minimum Gasteiger partial charge on any atom is -0.356 e. The van der Waals surface area contributed by atoms with Gasteiger partial charge in [0, 0.05) is 24.0 Å². The van der Waals surface area contributed by atoms with Crippen LogP contribution in [0.2, 0.25) is 0 Å². The van der Waals surface area contributed by atoms with Crippen LogP contribution in [0.3, 0.4) is 0 Å². The number of rotatable bonds is 2. The summed E-state index contributed by atoms with van der Waals surface area (Å²) in [6, 6.07) is 1.39. The third-order valence-corrected chi connectivity index (χ3v) is 5.29. The first kappa shape index (κ1) is 19.8. The number of ether oxygens (including phenoxy) is 1. The van der Waals surface area contributed by atoms with Crippen molar-refractivity contribution in [2.24, 2.45) is 0 Å². The van der Waals surface area contributed by atoms with Gasteiger partial charge in [0.05, 0.1) is 12.2 Å². The molecule has 0 saturated carbocycles. The van der Waals surface area contributed by atoms with Crippen molar-refractivity contribution in [3.8, 4) is 0 Å². The standard InChI is InChI=1S/C18H18BF3N2O2S/c1-11-15(14-6-7-27-16(14)19)9-26-10-23(2)17(25)24(11)13-5-3-4-12(8-13)18(20,21)22/h4,6-8H,3,5,9-10H2,1-2H3/b15-11+. The van der Waals surface area contributed by atoms with E-state index in [1.807, 2.05) is 11.4 Å². The Balaban J connectivity index is 2.12. The van der Waals surface area contributed by atoms with E-state index in [1.165, 1.54) is 21.1 Å². The minimum absolute atomic E-state index is 0.0331. The largest absolute Gasteiger partial charge is 0.416 e. The molecule has 1 aromatic rings. The molecule has 0 saturated heterocycles. The zero-order valence-electron chi connectivity index (χ0n) is 15.0. The highest BCUT2D eigenvalue weighted by Gasteiger charge is 2.36. The summed E-state index contributed by atoms with van der Waals surface area (Å²) >= 11 is 1.36. The minimum atomic E-state index is -4.45. The Bertz CT molecular complexity index is 842. The van der Waals surface area contributed by atoms with Crippen LogP contribution in [0.25, 0.3) is 5.57 Å². The Morgan fingerprint density at radius 1 is 1.33 bits per heavy atom. The molecule has 142 valence electrons. The molecule has 0 bridgehead atoms. The molecular formula is C18H18BF3N2O2S. The Hall–Kier alpha value is -2.00. The number of hydrogen-bond donors (Lipinski definition) is 0. The molecule has 1 aromatic heterocycles. The third-order valence-electron chi connectivity index (χ3n) is 4.54. The van der Waals surface area contributed by atoms with Gasteiger partial charge in [0.2, 0.25) is 0 Å². The average molecular weight is 394 g/mol. The topological polar surface area (TPSA) is 32.8 Å². The van der Waals surface area contributed by atoms with Crippen LogP contribution in [0.4, 0.5) is 18.0 Å². The Morgan fingerprint density at radius 3 is 2.70 bits per heavy atom. The maximum absolute atomic E-state index is 13.2. The SMILES string of the molecule is [B]c1sccc1/C1=C(\C)N(C2=CC(C(F)(F)F)=CCC2)C(=O)N(C)COC1. The van der Waals surface area contributed by atoms with Crippen molar-refractivity contribution in [3.63, 3.8) is 0 Å². The fourth-order valence-corrected chi connectivity index (χ4v) is 3.80. The molecule has 2 radical (unpaired) electrons. The highest BCUT2D eigenvalue weighted by Crippen LogP contribution is 2.35. The predicted molar refractivity (Wildman–Crippen MR) is 99.6 cm³/mol. The lowest BCUT2D eigenvalue weighted by Crippen LogP contribution is -2.43. The normalized spacial score (nSPS) is 22.3. The summed E-state index contributed by atoms with van der Waals surface area (Å²) in [6.07, 6.45) is -1.69. The number of carbonyl (C=O) groups is 1. The molecule has 0 unspecified atom stereocenters. The van der Waals surface area contributed by atoms with Gasteiger partial charge < -0.3 is 9.64 Å². The van der Waals surface area contributed by atoms with E-state index < -0.39 is 17.8 Å². The predicted octanol–water partition coefficient (Wildman–Crippen LogP) is 3.78. The Kier molecular flexibility index (Phi) is 5.53. The van der Waals surface area contributed by atoms with Gasteiger partial charge in [-0.15, -0.1) is 0 Å². The van der Waals surface area contributed by atoms with Crippen molar-refractivity contribution < 1.29 is 22.7 Å². The smallest absolute Gasteiger partial charge is 0.356 e. The van der Waals surface area contributed by atoms with E-state index in [-0.39, 0.29) is 19.8 Å². The number of allylic oxidation sites excluding steroid dienone is 5. The molecule has 27 heavy (non-hydrogen) atoms. The zero-order valence-corrected chi connectivity index (χ0v) is 15.8. The third kappa shape index (κ3) is 3.99. The maximum atomic E-state index is 13.2. The molecule has 0 spiro atoms. The van der Waals surface area contributed by atoms with E-state index in [0.717, 1.165) is 17.7 Å². The van der Waals surface area contributed by atoms with Crippen molar-refractivity contribution in [1.29, 1.82) is 0 Å². The molecular weight excluding hydrogens is 376 g/mol. The first-order valence-corrected chi connectivity index (χ1v) is 9.22. The van der Waals surface area contributed by atoms with Crippen molar-refractivity contribution in [2.75, 3.05) is 20.4 Å². The highest BCUT2D eigenvalue weighted by molar-refractivity contribution is 7.18. The van der Waals surface area contributed by atoms with E-state index in [4.69, 9.17) is 12.6 Å². The molecule has 0 atom stereocenters. The summed E-state index contributed by atoms with van der Waals surface area (Å²) in [5.74, 6) is 0. The molecule has 2 heterocycles. The molecule has 1 aliphatic carbocycles. The van der Waals surface area contributed by atoms with Crippen molar-refractivity contribution in [3.05, 3.63) is 46.1 Å². The molecule has 2 aliphatic rings. The number of urea groups is 1. The number of carbonyl (C=O) groups excluding carboxylic acids is 1. The zero-order chi connectivity index (χ0) is 19.8. The molecule has 0 fully saturated rings. The summed E-state index contributed by atoms with van der Waals surface area (Å²) in [6.45, 7) is 1.95. The maximum Gasteiger partial charge on any atom is 0.416 e. The average Bonchev–Trinajstić information content (AvgIpc) is 3.03. The lowest BCUT2D eigenvalue weighted by Gasteiger charge is -2.35. The van der Waals surface area contributed by atoms with Gasteiger partial charge in [0.25, 0.3) is 0 Å². The molecule has 9 heteroatoms. The number of nitrogens with zero attached hydrogens (tertiary/aromatic N) is 2. The second kappa shape index (κ2) is 7.56. The van der Waals surface area contributed by atoms with Gasteiger partial charge in [-0.3, -0.25) is 4.90 Å². The number of alkyl halides is 3. The number of amides is 2. The van der Waals surface area contributed by atoms with E-state index in [0.29, 0.717) is 28.2 Å². The lowest BCUT2D eigenvalue weighted by atomic mass is 9.95. The van der Waals surface area contributed by atoms with Gasteiger partial charge in [0.1, 0.15) is 14.6 Å². The summed E-state index contributed by atoms with van der Waals surface area (Å²) < 4.78 is 45.7. The van der Waals surface area contributed by atoms with Crippen molar-refractivity contribution >= 4 is 35.6 Å². The summed E-state index contributed by atoms with van der Waals surface area (Å²) in [5, 5.41) is 1.83. The van der Waals surface area contributed by atoms with Crippen LogP contribution >= 0.6 is 11.3 Å². The van der Waals surface area contributed by atoms with Crippen LogP contribution in [-0.2, 0) is 4.74 Å². The molecule has 4 nitrogen and oxygen atoms in total. The number of halogens is 3. The van der Waals surface area contributed by atoms with Crippen LogP contribution in [-0.4, -0.2) is 50.2 Å². The quantitative estimate of drug-likeness (QED) is 0.716. The van der Waals surface area contributed by atoms with Crippen LogP contribution in [0.5, 0.6) is 0 Å². The molecule has 2 amide bonds. The van der Waals surface area contributed by atoms with Crippen LogP contribution < -0.4 is 4.78 Å². The fraction of sp³-hybridized carbons (Fsp3) is 0.389. The number of thiophene rings is 1. The molecule has 1 aliphatic heterocycles. The second-order valence-electron chi connectivity index (χ2n) is 6.39. The van der Waals surface area contributed by atoms with Crippen molar-refractivity contribution in [2.45, 2.75) is 25.9 Å². The molecule has 0 N–H and O–H groups in total. The van der Waals surface area contributed by atoms with E-state index in [9.17, 15) is 18.0 Å². The number of hydrogen-bond acceptors (Lipinski definition) is 3. The fourth-order valence-electron chi connectivity index (χ4n) is 3.13. The highest BCUT2D eigenvalue weighted by atomic mass is 32.1. The van der Waals surface area contributed by atoms with Gasteiger partial charge >= 0.3 is 12.2 Å². The van der Waals surface area contributed by atoms with Crippen LogP contribution in [0, 0.1) is 0 Å². The lowest BCUT2D eigenvalue weighted by molar-refractivity contribution is -0.0888. The van der Waals surface area contributed by atoms with Gasteiger partial charge in [-0.25, -0.2) is 4.79 Å². The second-order valence-corrected chi connectivity index (χ2v) is 7.34. The van der Waals surface area contributed by atoms with Gasteiger partial charge in [-0.2, -0.15) is 24.5 Å². The van der Waals surface area contributed by atoms with E-state index in [1.54, 1.807) is 14.0 Å². The first-order valence-electron chi connectivity index (χ1n) is 8.34.